The number of ketones is 1. The van der Waals surface area contributed by atoms with Crippen LogP contribution in [0, 0.1) is 11.3 Å². The van der Waals surface area contributed by atoms with Crippen LogP contribution < -0.4 is 5.32 Å². The normalized spacial score (nSPS) is 16.1. The molecule has 1 heterocycles. The highest BCUT2D eigenvalue weighted by molar-refractivity contribution is 5.95. The molecule has 1 N–H and O–H groups in total. The first-order valence-corrected chi connectivity index (χ1v) is 8.65. The Bertz CT molecular complexity index is 599. The van der Waals surface area contributed by atoms with E-state index in [1.807, 2.05) is 0 Å². The lowest BCUT2D eigenvalue weighted by Gasteiger charge is -2.33. The SMILES string of the molecule is CC(=O)c1ccc(C#N)c(NC2CCN(CCOC(C)C)CC2)c1. The molecule has 0 aromatic heterocycles. The smallest absolute Gasteiger partial charge is 0.159 e. The van der Waals surface area contributed by atoms with Gasteiger partial charge in [0.2, 0.25) is 0 Å². The molecule has 24 heavy (non-hydrogen) atoms. The Morgan fingerprint density at radius 2 is 2.12 bits per heavy atom. The van der Waals surface area contributed by atoms with Gasteiger partial charge in [-0.3, -0.25) is 4.79 Å². The van der Waals surface area contributed by atoms with Gasteiger partial charge >= 0.3 is 0 Å². The molecular weight excluding hydrogens is 302 g/mol. The molecule has 1 aromatic rings. The van der Waals surface area contributed by atoms with Crippen molar-refractivity contribution in [2.75, 3.05) is 31.6 Å². The van der Waals surface area contributed by atoms with Crippen LogP contribution in [-0.2, 0) is 4.74 Å². The minimum atomic E-state index is 0.0162. The summed E-state index contributed by atoms with van der Waals surface area (Å²) >= 11 is 0. The Kier molecular flexibility index (Phi) is 6.77. The van der Waals surface area contributed by atoms with Crippen LogP contribution in [0.15, 0.2) is 18.2 Å². The summed E-state index contributed by atoms with van der Waals surface area (Å²) < 4.78 is 5.61. The molecule has 0 spiro atoms. The molecule has 1 fully saturated rings. The summed E-state index contributed by atoms with van der Waals surface area (Å²) in [6, 6.07) is 7.76. The third-order valence-electron chi connectivity index (χ3n) is 4.35. The predicted octanol–water partition coefficient (Wildman–Crippen LogP) is 3.06. The quantitative estimate of drug-likeness (QED) is 0.779. The van der Waals surface area contributed by atoms with E-state index in [0.29, 0.717) is 17.2 Å². The highest BCUT2D eigenvalue weighted by Crippen LogP contribution is 2.22. The second-order valence-electron chi connectivity index (χ2n) is 6.61. The number of ether oxygens (including phenoxy) is 1. The van der Waals surface area contributed by atoms with Crippen molar-refractivity contribution in [2.24, 2.45) is 0 Å². The highest BCUT2D eigenvalue weighted by Gasteiger charge is 2.20. The maximum absolute atomic E-state index is 11.6. The lowest BCUT2D eigenvalue weighted by atomic mass is 10.0. The molecule has 0 radical (unpaired) electrons. The maximum atomic E-state index is 11.6. The Hall–Kier alpha value is -1.90. The number of nitriles is 1. The van der Waals surface area contributed by atoms with Gasteiger partial charge in [0.25, 0.3) is 0 Å². The first kappa shape index (κ1) is 18.4. The standard InChI is InChI=1S/C19H27N3O2/c1-14(2)24-11-10-22-8-6-18(7-9-22)21-19-12-16(15(3)23)4-5-17(19)13-20/h4-5,12,14,18,21H,6-11H2,1-3H3. The van der Waals surface area contributed by atoms with Crippen LogP contribution in [0.25, 0.3) is 0 Å². The van der Waals surface area contributed by atoms with Crippen LogP contribution in [0.1, 0.15) is 49.5 Å². The number of likely N-dealkylation sites (tertiary alicyclic amines) is 1. The molecule has 1 aliphatic rings. The van der Waals surface area contributed by atoms with Gasteiger partial charge < -0.3 is 15.0 Å². The molecular formula is C19H27N3O2. The molecule has 5 heteroatoms. The fraction of sp³-hybridized carbons (Fsp3) is 0.579. The van der Waals surface area contributed by atoms with Gasteiger partial charge in [-0.1, -0.05) is 0 Å². The topological polar surface area (TPSA) is 65.4 Å². The van der Waals surface area contributed by atoms with E-state index < -0.39 is 0 Å². The number of hydrogen-bond acceptors (Lipinski definition) is 5. The van der Waals surface area contributed by atoms with Gasteiger partial charge in [0.1, 0.15) is 6.07 Å². The fourth-order valence-corrected chi connectivity index (χ4v) is 2.92. The number of piperidine rings is 1. The van der Waals surface area contributed by atoms with E-state index in [2.05, 4.69) is 30.1 Å². The molecule has 1 aliphatic heterocycles. The number of anilines is 1. The second-order valence-corrected chi connectivity index (χ2v) is 6.61. The molecule has 1 aromatic carbocycles. The number of Topliss-reactive ketones (excluding diaryl/α,β-unsaturated/α-hetero) is 1. The van der Waals surface area contributed by atoms with Crippen LogP contribution in [0.2, 0.25) is 0 Å². The first-order chi connectivity index (χ1) is 11.5. The summed E-state index contributed by atoms with van der Waals surface area (Å²) in [6.07, 6.45) is 2.33. The minimum absolute atomic E-state index is 0.0162. The van der Waals surface area contributed by atoms with E-state index in [4.69, 9.17) is 4.74 Å². The largest absolute Gasteiger partial charge is 0.381 e. The first-order valence-electron chi connectivity index (χ1n) is 8.65. The van der Waals surface area contributed by atoms with Crippen LogP contribution in [0.3, 0.4) is 0 Å². The van der Waals surface area contributed by atoms with Crippen LogP contribution in [-0.4, -0.2) is 49.1 Å². The maximum Gasteiger partial charge on any atom is 0.159 e. The summed E-state index contributed by atoms with van der Waals surface area (Å²) in [4.78, 5) is 14.0. The number of carbonyl (C=O) groups excluding carboxylic acids is 1. The summed E-state index contributed by atoms with van der Waals surface area (Å²) in [6.45, 7) is 9.43. The predicted molar refractivity (Wildman–Crippen MR) is 95.3 cm³/mol. The summed E-state index contributed by atoms with van der Waals surface area (Å²) in [5.74, 6) is 0.0162. The van der Waals surface area contributed by atoms with Gasteiger partial charge in [0.15, 0.2) is 5.78 Å². The molecule has 0 atom stereocenters. The average molecular weight is 329 g/mol. The van der Waals surface area contributed by atoms with Crippen molar-refractivity contribution in [3.05, 3.63) is 29.3 Å². The van der Waals surface area contributed by atoms with Crippen molar-refractivity contribution in [1.82, 2.24) is 4.90 Å². The Balaban J connectivity index is 1.88. The number of hydrogen-bond donors (Lipinski definition) is 1. The van der Waals surface area contributed by atoms with Gasteiger partial charge in [-0.05, 0) is 51.8 Å². The monoisotopic (exact) mass is 329 g/mol. The van der Waals surface area contributed by atoms with Crippen LogP contribution in [0.4, 0.5) is 5.69 Å². The highest BCUT2D eigenvalue weighted by atomic mass is 16.5. The summed E-state index contributed by atoms with van der Waals surface area (Å²) in [5.41, 5.74) is 2.00. The van der Waals surface area contributed by atoms with Crippen molar-refractivity contribution in [2.45, 2.75) is 45.8 Å². The van der Waals surface area contributed by atoms with Gasteiger partial charge in [0.05, 0.1) is 24.0 Å². The van der Waals surface area contributed by atoms with E-state index in [9.17, 15) is 10.1 Å². The number of carbonyl (C=O) groups is 1. The molecule has 2 rings (SSSR count). The van der Waals surface area contributed by atoms with Crippen molar-refractivity contribution >= 4 is 11.5 Å². The van der Waals surface area contributed by atoms with Crippen molar-refractivity contribution in [3.8, 4) is 6.07 Å². The zero-order valence-corrected chi connectivity index (χ0v) is 14.8. The van der Waals surface area contributed by atoms with E-state index in [1.54, 1.807) is 25.1 Å². The van der Waals surface area contributed by atoms with Crippen molar-refractivity contribution in [3.63, 3.8) is 0 Å². The lowest BCUT2D eigenvalue weighted by Crippen LogP contribution is -2.40. The summed E-state index contributed by atoms with van der Waals surface area (Å²) in [7, 11) is 0. The number of benzene rings is 1. The van der Waals surface area contributed by atoms with E-state index in [-0.39, 0.29) is 11.9 Å². The van der Waals surface area contributed by atoms with Gasteiger partial charge in [-0.15, -0.1) is 0 Å². The van der Waals surface area contributed by atoms with Crippen molar-refractivity contribution in [1.29, 1.82) is 5.26 Å². The molecule has 1 saturated heterocycles. The molecule has 0 unspecified atom stereocenters. The van der Waals surface area contributed by atoms with Gasteiger partial charge in [-0.2, -0.15) is 5.26 Å². The van der Waals surface area contributed by atoms with Crippen molar-refractivity contribution < 1.29 is 9.53 Å². The molecule has 5 nitrogen and oxygen atoms in total. The Morgan fingerprint density at radius 1 is 1.42 bits per heavy atom. The number of rotatable bonds is 7. The minimum Gasteiger partial charge on any atom is -0.381 e. The van der Waals surface area contributed by atoms with Gasteiger partial charge in [-0.25, -0.2) is 0 Å². The third-order valence-corrected chi connectivity index (χ3v) is 4.35. The Labute approximate surface area is 144 Å². The second kappa shape index (κ2) is 8.81. The van der Waals surface area contributed by atoms with E-state index in [0.717, 1.165) is 44.8 Å². The van der Waals surface area contributed by atoms with Crippen LogP contribution >= 0.6 is 0 Å². The zero-order chi connectivity index (χ0) is 17.5. The summed E-state index contributed by atoms with van der Waals surface area (Å²) in [5, 5.41) is 12.7. The Morgan fingerprint density at radius 3 is 2.71 bits per heavy atom. The number of nitrogens with zero attached hydrogens (tertiary/aromatic N) is 2. The lowest BCUT2D eigenvalue weighted by molar-refractivity contribution is 0.0543. The third kappa shape index (κ3) is 5.33. The van der Waals surface area contributed by atoms with E-state index >= 15 is 0 Å². The molecule has 0 aliphatic carbocycles. The van der Waals surface area contributed by atoms with E-state index in [1.165, 1.54) is 0 Å². The molecule has 0 amide bonds. The average Bonchev–Trinajstić information content (AvgIpc) is 2.56. The van der Waals surface area contributed by atoms with Gasteiger partial charge in [0, 0.05) is 31.2 Å². The van der Waals surface area contributed by atoms with Crippen LogP contribution in [0.5, 0.6) is 0 Å². The molecule has 130 valence electrons. The fourth-order valence-electron chi connectivity index (χ4n) is 2.92. The molecule has 0 bridgehead atoms. The number of nitrogens with one attached hydrogen (secondary N) is 1. The zero-order valence-electron chi connectivity index (χ0n) is 14.8. The molecule has 0 saturated carbocycles.